The smallest absolute Gasteiger partial charge is 0.164 e. The number of fused-ring (bicyclic) bond motifs is 5. The van der Waals surface area contributed by atoms with Gasteiger partial charge < -0.3 is 4.57 Å². The van der Waals surface area contributed by atoms with Gasteiger partial charge in [-0.1, -0.05) is 141 Å². The molecule has 4 nitrogen and oxygen atoms in total. The zero-order valence-electron chi connectivity index (χ0n) is 25.6. The number of nitrogens with zero attached hydrogens (tertiary/aromatic N) is 4. The Labute approximate surface area is 267 Å². The van der Waals surface area contributed by atoms with Crippen molar-refractivity contribution in [2.75, 3.05) is 0 Å². The predicted octanol–water partition coefficient (Wildman–Crippen LogP) is 10.3. The van der Waals surface area contributed by atoms with Gasteiger partial charge in [-0.15, -0.1) is 0 Å². The molecule has 0 radical (unpaired) electrons. The van der Waals surface area contributed by atoms with Crippen LogP contribution in [0.5, 0.6) is 0 Å². The highest BCUT2D eigenvalue weighted by molar-refractivity contribution is 6.12. The molecule has 4 heteroatoms. The van der Waals surface area contributed by atoms with E-state index in [9.17, 15) is 0 Å². The van der Waals surface area contributed by atoms with Gasteiger partial charge in [-0.25, -0.2) is 15.0 Å². The second-order valence-corrected chi connectivity index (χ2v) is 12.5. The summed E-state index contributed by atoms with van der Waals surface area (Å²) in [6.45, 7) is 4.68. The lowest BCUT2D eigenvalue weighted by atomic mass is 9.75. The van der Waals surface area contributed by atoms with Crippen LogP contribution in [-0.4, -0.2) is 19.5 Å². The van der Waals surface area contributed by atoms with Crippen molar-refractivity contribution in [3.63, 3.8) is 0 Å². The van der Waals surface area contributed by atoms with E-state index < -0.39 is 0 Å². The van der Waals surface area contributed by atoms with Crippen molar-refractivity contribution in [1.82, 2.24) is 19.5 Å². The van der Waals surface area contributed by atoms with Crippen molar-refractivity contribution >= 4 is 21.8 Å². The topological polar surface area (TPSA) is 43.6 Å². The van der Waals surface area contributed by atoms with Crippen LogP contribution in [0.25, 0.3) is 72.8 Å². The Kier molecular flexibility index (Phi) is 5.81. The van der Waals surface area contributed by atoms with Crippen molar-refractivity contribution in [3.8, 4) is 51.0 Å². The number of benzene rings is 6. The van der Waals surface area contributed by atoms with Crippen molar-refractivity contribution in [2.24, 2.45) is 0 Å². The summed E-state index contributed by atoms with van der Waals surface area (Å²) in [4.78, 5) is 14.7. The third-order valence-electron chi connectivity index (χ3n) is 9.45. The molecule has 0 spiro atoms. The van der Waals surface area contributed by atoms with E-state index in [1.165, 1.54) is 44.2 Å². The number of rotatable bonds is 4. The summed E-state index contributed by atoms with van der Waals surface area (Å²) >= 11 is 0. The average Bonchev–Trinajstić information content (AvgIpc) is 3.46. The van der Waals surface area contributed by atoms with Gasteiger partial charge in [-0.2, -0.15) is 0 Å². The number of para-hydroxylation sites is 2. The second kappa shape index (κ2) is 10.1. The van der Waals surface area contributed by atoms with Crippen molar-refractivity contribution < 1.29 is 0 Å². The second-order valence-electron chi connectivity index (χ2n) is 12.5. The SMILES string of the molecule is CC1(C)c2ccccc2-n2c3ccc(-c4ccc(-c5nc(-c6ccccc6)nc(-c6ccccc6)n5)cc4)cc3c3cccc1c32. The first-order valence-electron chi connectivity index (χ1n) is 15.7. The quantitative estimate of drug-likeness (QED) is 0.205. The maximum Gasteiger partial charge on any atom is 0.164 e. The maximum absolute atomic E-state index is 4.91. The minimum absolute atomic E-state index is 0.0745. The van der Waals surface area contributed by atoms with Gasteiger partial charge in [0.15, 0.2) is 17.5 Å². The first kappa shape index (κ1) is 26.5. The highest BCUT2D eigenvalue weighted by Gasteiger charge is 2.34. The average molecular weight is 591 g/mol. The van der Waals surface area contributed by atoms with Crippen molar-refractivity contribution in [2.45, 2.75) is 19.3 Å². The van der Waals surface area contributed by atoms with Crippen molar-refractivity contribution in [3.05, 3.63) is 157 Å². The van der Waals surface area contributed by atoms with E-state index in [0.717, 1.165) is 22.3 Å². The fourth-order valence-corrected chi connectivity index (χ4v) is 7.09. The molecule has 0 N–H and O–H groups in total. The Morgan fingerprint density at radius 2 is 0.957 bits per heavy atom. The molecule has 3 heterocycles. The van der Waals surface area contributed by atoms with Crippen LogP contribution in [-0.2, 0) is 5.41 Å². The minimum atomic E-state index is -0.0745. The molecule has 0 unspecified atom stereocenters. The van der Waals surface area contributed by atoms with E-state index in [4.69, 9.17) is 15.0 Å². The lowest BCUT2D eigenvalue weighted by molar-refractivity contribution is 0.630. The first-order valence-corrected chi connectivity index (χ1v) is 15.7. The summed E-state index contributed by atoms with van der Waals surface area (Å²) in [6.07, 6.45) is 0. The normalized spacial score (nSPS) is 13.2. The van der Waals surface area contributed by atoms with E-state index in [-0.39, 0.29) is 5.41 Å². The molecule has 0 saturated heterocycles. The van der Waals surface area contributed by atoms with Crippen LogP contribution in [0.15, 0.2) is 146 Å². The summed E-state index contributed by atoms with van der Waals surface area (Å²) in [5, 5.41) is 2.56. The molecule has 8 aromatic rings. The third kappa shape index (κ3) is 4.04. The zero-order chi connectivity index (χ0) is 30.8. The van der Waals surface area contributed by atoms with E-state index in [0.29, 0.717) is 17.5 Å². The van der Waals surface area contributed by atoms with Gasteiger partial charge in [0.1, 0.15) is 0 Å². The van der Waals surface area contributed by atoms with Crippen LogP contribution in [0.3, 0.4) is 0 Å². The van der Waals surface area contributed by atoms with Gasteiger partial charge >= 0.3 is 0 Å². The zero-order valence-corrected chi connectivity index (χ0v) is 25.6. The number of aromatic nitrogens is 4. The molecule has 2 aromatic heterocycles. The predicted molar refractivity (Wildman–Crippen MR) is 188 cm³/mol. The van der Waals surface area contributed by atoms with E-state index >= 15 is 0 Å². The summed E-state index contributed by atoms with van der Waals surface area (Å²) < 4.78 is 2.46. The fourth-order valence-electron chi connectivity index (χ4n) is 7.09. The van der Waals surface area contributed by atoms with Gasteiger partial charge in [-0.3, -0.25) is 0 Å². The molecule has 1 aliphatic heterocycles. The van der Waals surface area contributed by atoms with Crippen LogP contribution in [0.4, 0.5) is 0 Å². The van der Waals surface area contributed by atoms with Gasteiger partial charge in [-0.05, 0) is 40.5 Å². The molecule has 9 rings (SSSR count). The molecule has 1 aliphatic rings. The van der Waals surface area contributed by atoms with Gasteiger partial charge in [0.05, 0.1) is 16.7 Å². The Morgan fingerprint density at radius 3 is 1.61 bits per heavy atom. The standard InChI is InChI=1S/C42H30N4/c1-42(2)34-17-9-10-19-37(34)46-36-25-24-31(26-33(36)32-16-11-18-35(42)38(32)46)27-20-22-30(23-21-27)41-44-39(28-12-5-3-6-13-28)43-40(45-41)29-14-7-4-8-15-29/h3-26H,1-2H3. The lowest BCUT2D eigenvalue weighted by Gasteiger charge is -2.34. The van der Waals surface area contributed by atoms with Gasteiger partial charge in [0, 0.05) is 32.9 Å². The molecule has 46 heavy (non-hydrogen) atoms. The maximum atomic E-state index is 4.91. The van der Waals surface area contributed by atoms with Crippen LogP contribution in [0.1, 0.15) is 25.0 Å². The molecule has 0 amide bonds. The van der Waals surface area contributed by atoms with E-state index in [1.807, 2.05) is 60.7 Å². The molecule has 0 atom stereocenters. The van der Waals surface area contributed by atoms with Crippen LogP contribution >= 0.6 is 0 Å². The Balaban J connectivity index is 1.15. The summed E-state index contributed by atoms with van der Waals surface area (Å²) in [7, 11) is 0. The molecule has 0 bridgehead atoms. The van der Waals surface area contributed by atoms with Gasteiger partial charge in [0.25, 0.3) is 0 Å². The lowest BCUT2D eigenvalue weighted by Crippen LogP contribution is -2.26. The monoisotopic (exact) mass is 590 g/mol. The summed E-state index contributed by atoms with van der Waals surface area (Å²) in [5.41, 5.74) is 11.7. The van der Waals surface area contributed by atoms with Crippen LogP contribution < -0.4 is 0 Å². The fraction of sp³-hybridized carbons (Fsp3) is 0.0714. The van der Waals surface area contributed by atoms with E-state index in [2.05, 4.69) is 103 Å². The molecule has 0 aliphatic carbocycles. The number of hydrogen-bond acceptors (Lipinski definition) is 3. The Bertz CT molecular complexity index is 2360. The summed E-state index contributed by atoms with van der Waals surface area (Å²) in [6, 6.07) is 51.2. The molecule has 218 valence electrons. The molecule has 0 fully saturated rings. The first-order chi connectivity index (χ1) is 22.6. The van der Waals surface area contributed by atoms with Crippen molar-refractivity contribution in [1.29, 1.82) is 0 Å². The minimum Gasteiger partial charge on any atom is -0.309 e. The van der Waals surface area contributed by atoms with Crippen LogP contribution in [0.2, 0.25) is 0 Å². The molecular formula is C42H30N4. The van der Waals surface area contributed by atoms with Crippen LogP contribution in [0, 0.1) is 0 Å². The highest BCUT2D eigenvalue weighted by atomic mass is 15.0. The molecular weight excluding hydrogens is 560 g/mol. The number of hydrogen-bond donors (Lipinski definition) is 0. The molecule has 6 aromatic carbocycles. The Morgan fingerprint density at radius 1 is 0.435 bits per heavy atom. The summed E-state index contributed by atoms with van der Waals surface area (Å²) in [5.74, 6) is 1.98. The van der Waals surface area contributed by atoms with Gasteiger partial charge in [0.2, 0.25) is 0 Å². The largest absolute Gasteiger partial charge is 0.309 e. The Hall–Kier alpha value is -5.87. The highest BCUT2D eigenvalue weighted by Crippen LogP contribution is 2.47. The van der Waals surface area contributed by atoms with E-state index in [1.54, 1.807) is 0 Å². The third-order valence-corrected chi connectivity index (χ3v) is 9.45. The molecule has 0 saturated carbocycles.